The molecule has 1 aromatic carbocycles. The van der Waals surface area contributed by atoms with E-state index in [-0.39, 0.29) is 5.91 Å². The summed E-state index contributed by atoms with van der Waals surface area (Å²) in [7, 11) is 1.80. The Morgan fingerprint density at radius 2 is 1.92 bits per heavy atom. The molecule has 1 amide bonds. The highest BCUT2D eigenvalue weighted by Gasteiger charge is 2.19. The minimum absolute atomic E-state index is 0.225. The summed E-state index contributed by atoms with van der Waals surface area (Å²) in [6.07, 6.45) is 1.55. The van der Waals surface area contributed by atoms with Crippen molar-refractivity contribution in [3.8, 4) is 5.69 Å². The molecule has 0 unspecified atom stereocenters. The number of nitrogens with zero attached hydrogens (tertiary/aromatic N) is 4. The molecule has 0 aliphatic heterocycles. The van der Waals surface area contributed by atoms with Gasteiger partial charge in [0.15, 0.2) is 0 Å². The number of aromatic nitrogens is 4. The molecule has 0 spiro atoms. The molecule has 0 saturated carbocycles. The number of aryl methyl sites for hydroxylation is 2. The van der Waals surface area contributed by atoms with Crippen molar-refractivity contribution in [2.24, 2.45) is 7.05 Å². The van der Waals surface area contributed by atoms with E-state index < -0.39 is 0 Å². The van der Waals surface area contributed by atoms with Crippen LogP contribution in [-0.2, 0) is 7.05 Å². The Balaban J connectivity index is 1.94. The maximum Gasteiger partial charge on any atom is 0.260 e. The summed E-state index contributed by atoms with van der Waals surface area (Å²) < 4.78 is 3.33. The van der Waals surface area contributed by atoms with Gasteiger partial charge in [0.2, 0.25) is 0 Å². The molecular formula is C17H18ClN5O. The van der Waals surface area contributed by atoms with Crippen LogP contribution >= 0.6 is 11.6 Å². The summed E-state index contributed by atoms with van der Waals surface area (Å²) in [5.41, 5.74) is 3.78. The molecule has 0 fully saturated rings. The number of hydrogen-bond donors (Lipinski definition) is 1. The van der Waals surface area contributed by atoms with Crippen LogP contribution in [0.1, 0.15) is 27.3 Å². The second-order valence-corrected chi connectivity index (χ2v) is 6.05. The molecule has 0 atom stereocenters. The molecule has 24 heavy (non-hydrogen) atoms. The first kappa shape index (κ1) is 16.3. The minimum atomic E-state index is -0.225. The van der Waals surface area contributed by atoms with Gasteiger partial charge in [-0.25, -0.2) is 4.68 Å². The maximum atomic E-state index is 12.6. The average Bonchev–Trinajstić information content (AvgIpc) is 3.03. The van der Waals surface area contributed by atoms with Crippen molar-refractivity contribution in [2.45, 2.75) is 20.8 Å². The lowest BCUT2D eigenvalue weighted by atomic mass is 10.2. The predicted octanol–water partition coefficient (Wildman–Crippen LogP) is 3.44. The third kappa shape index (κ3) is 2.69. The quantitative estimate of drug-likeness (QED) is 0.792. The number of carbonyl (C=O) groups excluding carboxylic acids is 1. The van der Waals surface area contributed by atoms with Gasteiger partial charge < -0.3 is 5.32 Å². The van der Waals surface area contributed by atoms with E-state index in [1.54, 1.807) is 28.7 Å². The molecule has 6 nitrogen and oxygen atoms in total. The molecule has 0 aliphatic carbocycles. The van der Waals surface area contributed by atoms with Crippen molar-refractivity contribution in [1.29, 1.82) is 0 Å². The lowest BCUT2D eigenvalue weighted by Crippen LogP contribution is -2.16. The maximum absolute atomic E-state index is 12.6. The number of amides is 1. The molecule has 0 bridgehead atoms. The summed E-state index contributed by atoms with van der Waals surface area (Å²) in [5.74, 6) is 0.458. The lowest BCUT2D eigenvalue weighted by Gasteiger charge is -2.08. The van der Waals surface area contributed by atoms with Crippen LogP contribution in [0.25, 0.3) is 5.69 Å². The van der Waals surface area contributed by atoms with Crippen LogP contribution < -0.4 is 5.32 Å². The normalized spacial score (nSPS) is 10.9. The molecule has 3 aromatic rings. The molecule has 0 radical (unpaired) electrons. The fraction of sp³-hybridized carbons (Fsp3) is 0.235. The van der Waals surface area contributed by atoms with Gasteiger partial charge in [0.1, 0.15) is 5.82 Å². The first-order valence-electron chi connectivity index (χ1n) is 7.51. The average molecular weight is 344 g/mol. The van der Waals surface area contributed by atoms with Gasteiger partial charge in [-0.3, -0.25) is 9.48 Å². The number of rotatable bonds is 3. The van der Waals surface area contributed by atoms with Crippen LogP contribution in [0.5, 0.6) is 0 Å². The van der Waals surface area contributed by atoms with E-state index in [4.69, 9.17) is 11.6 Å². The van der Waals surface area contributed by atoms with Crippen molar-refractivity contribution in [3.63, 3.8) is 0 Å². The zero-order valence-corrected chi connectivity index (χ0v) is 14.7. The van der Waals surface area contributed by atoms with Crippen LogP contribution in [0.4, 0.5) is 5.82 Å². The topological polar surface area (TPSA) is 64.7 Å². The summed E-state index contributed by atoms with van der Waals surface area (Å²) in [6, 6.07) is 7.38. The van der Waals surface area contributed by atoms with Crippen molar-refractivity contribution in [3.05, 3.63) is 58.0 Å². The first-order chi connectivity index (χ1) is 11.4. The van der Waals surface area contributed by atoms with E-state index in [0.29, 0.717) is 16.4 Å². The van der Waals surface area contributed by atoms with Gasteiger partial charge >= 0.3 is 0 Å². The van der Waals surface area contributed by atoms with Crippen LogP contribution in [0.2, 0.25) is 5.02 Å². The van der Waals surface area contributed by atoms with Gasteiger partial charge in [0.25, 0.3) is 5.91 Å². The highest BCUT2D eigenvalue weighted by Crippen LogP contribution is 2.23. The van der Waals surface area contributed by atoms with Gasteiger partial charge in [-0.05, 0) is 32.9 Å². The lowest BCUT2D eigenvalue weighted by molar-refractivity contribution is 0.102. The van der Waals surface area contributed by atoms with E-state index in [9.17, 15) is 4.79 Å². The Bertz CT molecular complexity index is 925. The van der Waals surface area contributed by atoms with Crippen molar-refractivity contribution in [2.75, 3.05) is 5.32 Å². The second kappa shape index (κ2) is 6.13. The second-order valence-electron chi connectivity index (χ2n) is 5.64. The van der Waals surface area contributed by atoms with Gasteiger partial charge in [-0.2, -0.15) is 10.2 Å². The SMILES string of the molecule is Cc1nn(C)c(NC(=O)c2cnn(-c3ccccc3Cl)c2C)c1C. The molecule has 2 heterocycles. The molecule has 3 rings (SSSR count). The van der Waals surface area contributed by atoms with Crippen LogP contribution in [0.15, 0.2) is 30.5 Å². The van der Waals surface area contributed by atoms with Gasteiger partial charge in [-0.1, -0.05) is 23.7 Å². The van der Waals surface area contributed by atoms with Crippen LogP contribution in [-0.4, -0.2) is 25.5 Å². The Hall–Kier alpha value is -2.60. The number of para-hydroxylation sites is 1. The molecule has 2 aromatic heterocycles. The Morgan fingerprint density at radius 1 is 1.21 bits per heavy atom. The number of benzene rings is 1. The third-order valence-corrected chi connectivity index (χ3v) is 4.41. The largest absolute Gasteiger partial charge is 0.306 e. The zero-order valence-electron chi connectivity index (χ0n) is 14.0. The van der Waals surface area contributed by atoms with E-state index in [1.165, 1.54) is 0 Å². The minimum Gasteiger partial charge on any atom is -0.306 e. The number of anilines is 1. The van der Waals surface area contributed by atoms with E-state index in [2.05, 4.69) is 15.5 Å². The standard InChI is InChI=1S/C17H18ClN5O/c1-10-11(2)21-22(4)16(10)20-17(24)13-9-19-23(12(13)3)15-8-6-5-7-14(15)18/h5-9H,1-4H3,(H,20,24). The first-order valence-corrected chi connectivity index (χ1v) is 7.89. The fourth-order valence-electron chi connectivity index (χ4n) is 2.61. The summed E-state index contributed by atoms with van der Waals surface area (Å²) in [6.45, 7) is 5.68. The van der Waals surface area contributed by atoms with E-state index in [1.807, 2.05) is 39.0 Å². The Morgan fingerprint density at radius 3 is 2.54 bits per heavy atom. The monoisotopic (exact) mass is 343 g/mol. The molecular weight excluding hydrogens is 326 g/mol. The third-order valence-electron chi connectivity index (χ3n) is 4.09. The number of carbonyl (C=O) groups is 1. The number of halogens is 1. The number of hydrogen-bond acceptors (Lipinski definition) is 3. The molecule has 1 N–H and O–H groups in total. The predicted molar refractivity (Wildman–Crippen MR) is 93.9 cm³/mol. The molecule has 0 saturated heterocycles. The fourth-order valence-corrected chi connectivity index (χ4v) is 2.83. The summed E-state index contributed by atoms with van der Waals surface area (Å²) >= 11 is 6.22. The molecule has 124 valence electrons. The van der Waals surface area contributed by atoms with Gasteiger partial charge in [0.05, 0.1) is 33.9 Å². The van der Waals surface area contributed by atoms with Gasteiger partial charge in [0, 0.05) is 12.6 Å². The summed E-state index contributed by atoms with van der Waals surface area (Å²) in [5, 5.41) is 12.1. The van der Waals surface area contributed by atoms with Crippen molar-refractivity contribution < 1.29 is 4.79 Å². The Kier molecular flexibility index (Phi) is 4.15. The number of nitrogens with one attached hydrogen (secondary N) is 1. The van der Waals surface area contributed by atoms with Crippen LogP contribution in [0.3, 0.4) is 0 Å². The highest BCUT2D eigenvalue weighted by atomic mass is 35.5. The van der Waals surface area contributed by atoms with Crippen molar-refractivity contribution in [1.82, 2.24) is 19.6 Å². The van der Waals surface area contributed by atoms with E-state index in [0.717, 1.165) is 22.6 Å². The smallest absolute Gasteiger partial charge is 0.260 e. The zero-order chi connectivity index (χ0) is 17.4. The molecule has 7 heteroatoms. The van der Waals surface area contributed by atoms with Crippen LogP contribution in [0, 0.1) is 20.8 Å². The highest BCUT2D eigenvalue weighted by molar-refractivity contribution is 6.32. The Labute approximate surface area is 145 Å². The summed E-state index contributed by atoms with van der Waals surface area (Å²) in [4.78, 5) is 12.6. The van der Waals surface area contributed by atoms with Gasteiger partial charge in [-0.15, -0.1) is 0 Å². The van der Waals surface area contributed by atoms with Crippen molar-refractivity contribution >= 4 is 23.3 Å². The molecule has 0 aliphatic rings. The van der Waals surface area contributed by atoms with E-state index >= 15 is 0 Å².